The minimum atomic E-state index is 1.10. The first kappa shape index (κ1) is 30.3. The van der Waals surface area contributed by atoms with E-state index in [1.165, 1.54) is 44.0 Å². The first-order valence-electron chi connectivity index (χ1n) is 18.5. The van der Waals surface area contributed by atoms with Crippen molar-refractivity contribution in [2.24, 2.45) is 0 Å². The van der Waals surface area contributed by atoms with E-state index in [0.29, 0.717) is 0 Å². The Morgan fingerprint density at radius 1 is 0.278 bits per heavy atom. The van der Waals surface area contributed by atoms with Gasteiger partial charge in [0.25, 0.3) is 0 Å². The molecule has 0 bridgehead atoms. The van der Waals surface area contributed by atoms with Crippen molar-refractivity contribution in [3.63, 3.8) is 0 Å². The maximum atomic E-state index is 2.47. The van der Waals surface area contributed by atoms with Gasteiger partial charge in [0.1, 0.15) is 0 Å². The van der Waals surface area contributed by atoms with Crippen molar-refractivity contribution in [3.05, 3.63) is 206 Å². The molecule has 4 nitrogen and oxygen atoms in total. The number of anilines is 6. The van der Waals surface area contributed by atoms with Crippen LogP contribution in [0.1, 0.15) is 0 Å². The number of fused-ring (bicyclic) bond motifs is 7. The standard InChI is InChI=1S/C50H34N4/c1-4-17-35(18-5-1)49-34-42-44(51(49)36-19-6-2-7-20-36)32-31-41-40-25-10-11-26-43(40)54(50(41)42)39-24-16-23-38(33-39)53-47-29-14-12-27-45(47)52(37-21-8-3-9-22-37)46-28-13-15-30-48(46)53/h1-34H. The van der Waals surface area contributed by atoms with Gasteiger partial charge in [-0.1, -0.05) is 121 Å². The summed E-state index contributed by atoms with van der Waals surface area (Å²) in [6.07, 6.45) is 0. The Hall–Kier alpha value is -7.30. The van der Waals surface area contributed by atoms with Crippen molar-refractivity contribution in [1.29, 1.82) is 0 Å². The van der Waals surface area contributed by atoms with Crippen molar-refractivity contribution >= 4 is 66.8 Å². The molecule has 0 amide bonds. The molecular weight excluding hydrogens is 657 g/mol. The molecule has 10 aromatic rings. The summed E-state index contributed by atoms with van der Waals surface area (Å²) in [6, 6.07) is 74.4. The number of hydrogen-bond donors (Lipinski definition) is 0. The molecule has 4 heteroatoms. The SMILES string of the molecule is c1ccc(-c2cc3c(ccc4c5ccccc5n(-c5cccc(N6c7ccccc7N(c7ccccc7)c7ccccc76)c5)c43)n2-c2ccccc2)cc1. The van der Waals surface area contributed by atoms with Crippen LogP contribution in [0, 0.1) is 0 Å². The number of hydrogen-bond acceptors (Lipinski definition) is 2. The summed E-state index contributed by atoms with van der Waals surface area (Å²) in [5.74, 6) is 0. The normalized spacial score (nSPS) is 12.4. The molecule has 0 saturated carbocycles. The molecule has 3 heterocycles. The fourth-order valence-electron chi connectivity index (χ4n) is 8.53. The molecule has 2 aromatic heterocycles. The Bertz CT molecular complexity index is 2950. The van der Waals surface area contributed by atoms with Gasteiger partial charge in [0.15, 0.2) is 0 Å². The van der Waals surface area contributed by atoms with Gasteiger partial charge >= 0.3 is 0 Å². The van der Waals surface area contributed by atoms with Crippen LogP contribution in [0.5, 0.6) is 0 Å². The maximum Gasteiger partial charge on any atom is 0.0703 e. The number of nitrogens with zero attached hydrogens (tertiary/aromatic N) is 4. The van der Waals surface area contributed by atoms with Crippen LogP contribution in [-0.2, 0) is 0 Å². The van der Waals surface area contributed by atoms with Crippen LogP contribution in [0.4, 0.5) is 34.1 Å². The highest BCUT2D eigenvalue weighted by Crippen LogP contribution is 2.54. The topological polar surface area (TPSA) is 16.3 Å². The molecule has 11 rings (SSSR count). The highest BCUT2D eigenvalue weighted by Gasteiger charge is 2.30. The monoisotopic (exact) mass is 690 g/mol. The third kappa shape index (κ3) is 4.57. The fraction of sp³-hybridized carbons (Fsp3) is 0. The van der Waals surface area contributed by atoms with Crippen LogP contribution in [0.25, 0.3) is 55.3 Å². The fourth-order valence-corrected chi connectivity index (χ4v) is 8.53. The molecule has 0 fully saturated rings. The van der Waals surface area contributed by atoms with Crippen LogP contribution >= 0.6 is 0 Å². The lowest BCUT2D eigenvalue weighted by Crippen LogP contribution is -2.23. The van der Waals surface area contributed by atoms with E-state index in [9.17, 15) is 0 Å². The van der Waals surface area contributed by atoms with Gasteiger partial charge in [0.2, 0.25) is 0 Å². The lowest BCUT2D eigenvalue weighted by molar-refractivity contribution is 1.13. The van der Waals surface area contributed by atoms with Gasteiger partial charge in [-0.3, -0.25) is 0 Å². The zero-order valence-electron chi connectivity index (χ0n) is 29.4. The van der Waals surface area contributed by atoms with Gasteiger partial charge in [0, 0.05) is 38.9 Å². The lowest BCUT2D eigenvalue weighted by Gasteiger charge is -2.40. The summed E-state index contributed by atoms with van der Waals surface area (Å²) in [6.45, 7) is 0. The van der Waals surface area contributed by atoms with Crippen molar-refractivity contribution in [1.82, 2.24) is 9.13 Å². The van der Waals surface area contributed by atoms with E-state index >= 15 is 0 Å². The number of rotatable bonds is 5. The molecule has 1 aliphatic heterocycles. The van der Waals surface area contributed by atoms with E-state index in [2.05, 4.69) is 225 Å². The van der Waals surface area contributed by atoms with E-state index in [-0.39, 0.29) is 0 Å². The summed E-state index contributed by atoms with van der Waals surface area (Å²) in [5.41, 5.74) is 14.9. The van der Waals surface area contributed by atoms with Crippen LogP contribution in [0.3, 0.4) is 0 Å². The zero-order chi connectivity index (χ0) is 35.6. The highest BCUT2D eigenvalue weighted by molar-refractivity contribution is 6.19. The minimum absolute atomic E-state index is 1.10. The summed E-state index contributed by atoms with van der Waals surface area (Å²) in [4.78, 5) is 4.78. The molecule has 254 valence electrons. The Labute approximate surface area is 313 Å². The molecule has 0 saturated heterocycles. The molecular formula is C50H34N4. The number of para-hydroxylation sites is 7. The smallest absolute Gasteiger partial charge is 0.0703 e. The first-order valence-corrected chi connectivity index (χ1v) is 18.5. The van der Waals surface area contributed by atoms with Crippen molar-refractivity contribution in [2.75, 3.05) is 9.80 Å². The predicted octanol–water partition coefficient (Wildman–Crippen LogP) is 13.6. The van der Waals surface area contributed by atoms with Gasteiger partial charge in [0.05, 0.1) is 45.0 Å². The van der Waals surface area contributed by atoms with Gasteiger partial charge in [-0.05, 0) is 90.5 Å². The molecule has 0 N–H and O–H groups in total. The Morgan fingerprint density at radius 3 is 1.44 bits per heavy atom. The van der Waals surface area contributed by atoms with E-state index in [1.807, 2.05) is 0 Å². The number of aromatic nitrogens is 2. The Balaban J connectivity index is 1.17. The molecule has 54 heavy (non-hydrogen) atoms. The molecule has 1 aliphatic rings. The first-order chi connectivity index (χ1) is 26.8. The minimum Gasteiger partial charge on any atom is -0.309 e. The van der Waals surface area contributed by atoms with Gasteiger partial charge in [-0.2, -0.15) is 0 Å². The summed E-state index contributed by atoms with van der Waals surface area (Å²) in [5, 5.41) is 3.69. The predicted molar refractivity (Wildman–Crippen MR) is 226 cm³/mol. The van der Waals surface area contributed by atoms with Crippen LogP contribution in [0.2, 0.25) is 0 Å². The second-order valence-electron chi connectivity index (χ2n) is 13.8. The zero-order valence-corrected chi connectivity index (χ0v) is 29.4. The van der Waals surface area contributed by atoms with E-state index in [4.69, 9.17) is 0 Å². The quantitative estimate of drug-likeness (QED) is 0.179. The highest BCUT2D eigenvalue weighted by atomic mass is 15.3. The van der Waals surface area contributed by atoms with Gasteiger partial charge in [-0.25, -0.2) is 0 Å². The van der Waals surface area contributed by atoms with Crippen LogP contribution < -0.4 is 9.80 Å². The lowest BCUT2D eigenvalue weighted by atomic mass is 10.0. The maximum absolute atomic E-state index is 2.47. The molecule has 0 radical (unpaired) electrons. The Morgan fingerprint density at radius 2 is 0.778 bits per heavy atom. The van der Waals surface area contributed by atoms with Gasteiger partial charge in [-0.15, -0.1) is 0 Å². The van der Waals surface area contributed by atoms with Crippen molar-refractivity contribution in [2.45, 2.75) is 0 Å². The third-order valence-electron chi connectivity index (χ3n) is 10.8. The molecule has 0 atom stereocenters. The van der Waals surface area contributed by atoms with Crippen molar-refractivity contribution in [3.8, 4) is 22.6 Å². The Kier molecular flexibility index (Phi) is 6.82. The average Bonchev–Trinajstić information content (AvgIpc) is 3.80. The number of benzene rings is 8. The van der Waals surface area contributed by atoms with E-state index < -0.39 is 0 Å². The molecule has 0 unspecified atom stereocenters. The molecule has 8 aromatic carbocycles. The van der Waals surface area contributed by atoms with Crippen LogP contribution in [0.15, 0.2) is 206 Å². The van der Waals surface area contributed by atoms with Crippen molar-refractivity contribution < 1.29 is 0 Å². The van der Waals surface area contributed by atoms with E-state index in [0.717, 1.165) is 45.5 Å². The molecule has 0 spiro atoms. The van der Waals surface area contributed by atoms with E-state index in [1.54, 1.807) is 0 Å². The second-order valence-corrected chi connectivity index (χ2v) is 13.8. The third-order valence-corrected chi connectivity index (χ3v) is 10.8. The largest absolute Gasteiger partial charge is 0.309 e. The summed E-state index contributed by atoms with van der Waals surface area (Å²) in [7, 11) is 0. The van der Waals surface area contributed by atoms with Gasteiger partial charge < -0.3 is 18.9 Å². The second kappa shape index (κ2) is 12.1. The summed E-state index contributed by atoms with van der Waals surface area (Å²) >= 11 is 0. The summed E-state index contributed by atoms with van der Waals surface area (Å²) < 4.78 is 4.88. The molecule has 0 aliphatic carbocycles. The van der Waals surface area contributed by atoms with Crippen LogP contribution in [-0.4, -0.2) is 9.13 Å². The average molecular weight is 691 g/mol.